The molecule has 2 unspecified atom stereocenters. The fourth-order valence-corrected chi connectivity index (χ4v) is 3.85. The molecule has 1 aliphatic rings. The Kier molecular flexibility index (Phi) is 4.96. The van der Waals surface area contributed by atoms with Gasteiger partial charge in [0.2, 0.25) is 5.91 Å². The minimum Gasteiger partial charge on any atom is -0.356 e. The number of aryl methyl sites for hydroxylation is 1. The number of aromatic nitrogens is 3. The van der Waals surface area contributed by atoms with Gasteiger partial charge in [-0.05, 0) is 31.2 Å². The number of hydrogen-bond acceptors (Lipinski definition) is 4. The van der Waals surface area contributed by atoms with Crippen molar-refractivity contribution >= 4 is 39.3 Å². The van der Waals surface area contributed by atoms with Crippen LogP contribution in [0.2, 0.25) is 5.15 Å². The first-order valence-corrected chi connectivity index (χ1v) is 9.74. The van der Waals surface area contributed by atoms with Gasteiger partial charge in [-0.2, -0.15) is 0 Å². The summed E-state index contributed by atoms with van der Waals surface area (Å²) in [5, 5.41) is 4.21. The van der Waals surface area contributed by atoms with E-state index in [0.29, 0.717) is 23.9 Å². The van der Waals surface area contributed by atoms with E-state index in [0.717, 1.165) is 41.6 Å². The lowest BCUT2D eigenvalue weighted by atomic mass is 9.86. The topological polar surface area (TPSA) is 87.7 Å². The number of hydrogen-bond donors (Lipinski definition) is 2. The van der Waals surface area contributed by atoms with Gasteiger partial charge in [0.1, 0.15) is 17.1 Å². The van der Waals surface area contributed by atoms with Crippen molar-refractivity contribution in [2.45, 2.75) is 25.7 Å². The third kappa shape index (κ3) is 3.55. The largest absolute Gasteiger partial charge is 0.356 e. The lowest BCUT2D eigenvalue weighted by Gasteiger charge is -2.21. The molecule has 0 saturated carbocycles. The van der Waals surface area contributed by atoms with Crippen LogP contribution in [0.3, 0.4) is 0 Å². The Bertz CT molecular complexity index is 761. The van der Waals surface area contributed by atoms with E-state index in [1.807, 2.05) is 0 Å². The van der Waals surface area contributed by atoms with Gasteiger partial charge >= 0.3 is 0 Å². The predicted molar refractivity (Wildman–Crippen MR) is 91.0 cm³/mol. The highest BCUT2D eigenvalue weighted by atomic mass is 35.5. The monoisotopic (exact) mass is 354 g/mol. The standard InChI is InChI=1S/C15H19ClN4O2S/c1-23(22)6-2-5-17-15(21)9-3-4-11-10(7-9)12-13(16)18-8-19-14(12)20-11/h8-9H,2-7H2,1H3,(H,17,21)(H,18,19,20). The summed E-state index contributed by atoms with van der Waals surface area (Å²) in [6.45, 7) is 0.569. The van der Waals surface area contributed by atoms with Crippen LogP contribution in [0.5, 0.6) is 0 Å². The summed E-state index contributed by atoms with van der Waals surface area (Å²) >= 11 is 6.19. The molecular weight excluding hydrogens is 336 g/mol. The number of H-pyrrole nitrogens is 1. The number of rotatable bonds is 5. The first kappa shape index (κ1) is 16.4. The normalized spacial score (nSPS) is 18.6. The zero-order valence-electron chi connectivity index (χ0n) is 12.9. The molecule has 8 heteroatoms. The van der Waals surface area contributed by atoms with E-state index >= 15 is 0 Å². The third-order valence-corrected chi connectivity index (χ3v) is 5.36. The molecule has 2 heterocycles. The molecule has 2 N–H and O–H groups in total. The smallest absolute Gasteiger partial charge is 0.223 e. The molecule has 2 atom stereocenters. The van der Waals surface area contributed by atoms with Crippen molar-refractivity contribution in [3.63, 3.8) is 0 Å². The SMILES string of the molecule is CS(=O)CCCNC(=O)C1CCc2[nH]c3ncnc(Cl)c3c2C1. The highest BCUT2D eigenvalue weighted by Crippen LogP contribution is 2.33. The molecule has 0 aromatic carbocycles. The van der Waals surface area contributed by atoms with E-state index in [-0.39, 0.29) is 11.8 Å². The van der Waals surface area contributed by atoms with Crippen molar-refractivity contribution in [3.05, 3.63) is 22.7 Å². The second-order valence-corrected chi connectivity index (χ2v) is 7.74. The van der Waals surface area contributed by atoms with Crippen LogP contribution in [0.1, 0.15) is 24.1 Å². The van der Waals surface area contributed by atoms with Crippen LogP contribution >= 0.6 is 11.6 Å². The molecule has 124 valence electrons. The average molecular weight is 355 g/mol. The molecule has 0 spiro atoms. The molecule has 1 amide bonds. The molecule has 6 nitrogen and oxygen atoms in total. The van der Waals surface area contributed by atoms with Gasteiger partial charge < -0.3 is 10.3 Å². The Hall–Kier alpha value is -1.47. The number of nitrogens with zero attached hydrogens (tertiary/aromatic N) is 2. The summed E-state index contributed by atoms with van der Waals surface area (Å²) in [5.74, 6) is 0.606. The maximum atomic E-state index is 12.3. The van der Waals surface area contributed by atoms with Crippen LogP contribution in [0.15, 0.2) is 6.33 Å². The van der Waals surface area contributed by atoms with Gasteiger partial charge in [0.15, 0.2) is 0 Å². The molecule has 3 rings (SSSR count). The summed E-state index contributed by atoms with van der Waals surface area (Å²) in [4.78, 5) is 23.9. The lowest BCUT2D eigenvalue weighted by molar-refractivity contribution is -0.125. The van der Waals surface area contributed by atoms with Gasteiger partial charge in [-0.1, -0.05) is 11.6 Å². The molecule has 0 radical (unpaired) electrons. The summed E-state index contributed by atoms with van der Waals surface area (Å²) in [6.07, 6.45) is 6.10. The quantitative estimate of drug-likeness (QED) is 0.630. The van der Waals surface area contributed by atoms with Gasteiger partial charge in [-0.3, -0.25) is 9.00 Å². The first-order chi connectivity index (χ1) is 11.1. The summed E-state index contributed by atoms with van der Waals surface area (Å²) in [7, 11) is -0.812. The van der Waals surface area contributed by atoms with E-state index in [2.05, 4.69) is 20.3 Å². The maximum Gasteiger partial charge on any atom is 0.223 e. The average Bonchev–Trinajstić information content (AvgIpc) is 2.90. The van der Waals surface area contributed by atoms with Crippen molar-refractivity contribution in [2.75, 3.05) is 18.6 Å². The Labute approximate surface area is 141 Å². The van der Waals surface area contributed by atoms with E-state index < -0.39 is 10.8 Å². The van der Waals surface area contributed by atoms with Gasteiger partial charge in [-0.15, -0.1) is 0 Å². The van der Waals surface area contributed by atoms with E-state index in [9.17, 15) is 9.00 Å². The van der Waals surface area contributed by atoms with E-state index in [4.69, 9.17) is 11.6 Å². The van der Waals surface area contributed by atoms with Crippen molar-refractivity contribution in [3.8, 4) is 0 Å². The Morgan fingerprint density at radius 2 is 2.35 bits per heavy atom. The highest BCUT2D eigenvalue weighted by molar-refractivity contribution is 7.84. The van der Waals surface area contributed by atoms with Crippen LogP contribution in [-0.2, 0) is 28.4 Å². The molecule has 23 heavy (non-hydrogen) atoms. The van der Waals surface area contributed by atoms with Crippen LogP contribution in [0.4, 0.5) is 0 Å². The third-order valence-electron chi connectivity index (χ3n) is 4.21. The van der Waals surface area contributed by atoms with Crippen molar-refractivity contribution in [2.24, 2.45) is 5.92 Å². The van der Waals surface area contributed by atoms with Crippen molar-refractivity contribution in [1.29, 1.82) is 0 Å². The summed E-state index contributed by atoms with van der Waals surface area (Å²) in [5.41, 5.74) is 2.90. The van der Waals surface area contributed by atoms with Gasteiger partial charge in [0, 0.05) is 41.0 Å². The predicted octanol–water partition coefficient (Wildman–Crippen LogP) is 1.60. The number of halogens is 1. The number of fused-ring (bicyclic) bond motifs is 3. The van der Waals surface area contributed by atoms with Crippen LogP contribution in [0, 0.1) is 5.92 Å². The molecule has 0 bridgehead atoms. The Balaban J connectivity index is 1.69. The van der Waals surface area contributed by atoms with Crippen molar-refractivity contribution < 1.29 is 9.00 Å². The first-order valence-electron chi connectivity index (χ1n) is 7.64. The fourth-order valence-electron chi connectivity index (χ4n) is 3.06. The molecule has 0 saturated heterocycles. The number of amides is 1. The fraction of sp³-hybridized carbons (Fsp3) is 0.533. The number of carbonyl (C=O) groups excluding carboxylic acids is 1. The Morgan fingerprint density at radius 1 is 1.52 bits per heavy atom. The number of carbonyl (C=O) groups is 1. The van der Waals surface area contributed by atoms with Crippen LogP contribution in [0.25, 0.3) is 11.0 Å². The zero-order valence-corrected chi connectivity index (χ0v) is 14.5. The van der Waals surface area contributed by atoms with E-state index in [1.54, 1.807) is 6.26 Å². The second-order valence-electron chi connectivity index (χ2n) is 5.83. The number of aromatic amines is 1. The molecule has 2 aromatic heterocycles. The summed E-state index contributed by atoms with van der Waals surface area (Å²) < 4.78 is 11.0. The minimum atomic E-state index is -0.812. The van der Waals surface area contributed by atoms with Gasteiger partial charge in [0.05, 0.1) is 5.39 Å². The lowest BCUT2D eigenvalue weighted by Crippen LogP contribution is -2.34. The molecule has 2 aromatic rings. The van der Waals surface area contributed by atoms with Crippen LogP contribution in [-0.4, -0.2) is 43.6 Å². The Morgan fingerprint density at radius 3 is 3.13 bits per heavy atom. The maximum absolute atomic E-state index is 12.3. The van der Waals surface area contributed by atoms with Crippen molar-refractivity contribution in [1.82, 2.24) is 20.3 Å². The number of nitrogens with one attached hydrogen (secondary N) is 2. The second kappa shape index (κ2) is 6.97. The van der Waals surface area contributed by atoms with Gasteiger partial charge in [0.25, 0.3) is 0 Å². The zero-order chi connectivity index (χ0) is 16.4. The molecular formula is C15H19ClN4O2S. The minimum absolute atomic E-state index is 0.0554. The van der Waals surface area contributed by atoms with Gasteiger partial charge in [-0.25, -0.2) is 9.97 Å². The molecule has 0 aliphatic heterocycles. The van der Waals surface area contributed by atoms with Crippen LogP contribution < -0.4 is 5.32 Å². The highest BCUT2D eigenvalue weighted by Gasteiger charge is 2.28. The molecule has 1 aliphatic carbocycles. The summed E-state index contributed by atoms with van der Waals surface area (Å²) in [6, 6.07) is 0. The molecule has 0 fully saturated rings. The van der Waals surface area contributed by atoms with E-state index in [1.165, 1.54) is 6.33 Å².